The number of benzene rings is 1. The summed E-state index contributed by atoms with van der Waals surface area (Å²) in [6.45, 7) is 6.07. The minimum absolute atomic E-state index is 0.201. The predicted octanol–water partition coefficient (Wildman–Crippen LogP) is 3.41. The summed E-state index contributed by atoms with van der Waals surface area (Å²) >= 11 is 0. The SMILES string of the molecule is CC(C)(C)Oc1ccc([C@@H](N)[C@@H](O)C2CCCC2)cc1. The van der Waals surface area contributed by atoms with E-state index in [0.717, 1.165) is 24.2 Å². The normalized spacial score (nSPS) is 19.9. The molecule has 0 radical (unpaired) electrons. The molecular weight excluding hydrogens is 250 g/mol. The number of nitrogens with two attached hydrogens (primary N) is 1. The van der Waals surface area contributed by atoms with Crippen molar-refractivity contribution >= 4 is 0 Å². The fourth-order valence-electron chi connectivity index (χ4n) is 2.90. The Bertz CT molecular complexity index is 416. The number of ether oxygens (including phenoxy) is 1. The Morgan fingerprint density at radius 1 is 1.15 bits per heavy atom. The highest BCUT2D eigenvalue weighted by molar-refractivity contribution is 5.30. The molecule has 0 saturated heterocycles. The van der Waals surface area contributed by atoms with Gasteiger partial charge in [0.25, 0.3) is 0 Å². The molecule has 0 aromatic heterocycles. The first kappa shape index (κ1) is 15.3. The lowest BCUT2D eigenvalue weighted by atomic mass is 9.91. The van der Waals surface area contributed by atoms with Gasteiger partial charge in [-0.05, 0) is 57.2 Å². The average Bonchev–Trinajstić information content (AvgIpc) is 2.90. The molecule has 112 valence electrons. The topological polar surface area (TPSA) is 55.5 Å². The largest absolute Gasteiger partial charge is 0.488 e. The van der Waals surface area contributed by atoms with E-state index in [1.54, 1.807) is 0 Å². The standard InChI is InChI=1S/C17H27NO2/c1-17(2,3)20-14-10-8-12(9-11-14)15(18)16(19)13-6-4-5-7-13/h8-11,13,15-16,19H,4-7,18H2,1-3H3/t15-,16+/m1/s1. The van der Waals surface area contributed by atoms with E-state index < -0.39 is 6.10 Å². The molecule has 3 heteroatoms. The van der Waals surface area contributed by atoms with Gasteiger partial charge in [0.05, 0.1) is 12.1 Å². The van der Waals surface area contributed by atoms with E-state index in [-0.39, 0.29) is 11.6 Å². The van der Waals surface area contributed by atoms with Crippen molar-refractivity contribution in [3.63, 3.8) is 0 Å². The monoisotopic (exact) mass is 277 g/mol. The highest BCUT2D eigenvalue weighted by Gasteiger charge is 2.28. The number of rotatable bonds is 4. The maximum atomic E-state index is 10.4. The molecule has 1 saturated carbocycles. The molecule has 1 aromatic carbocycles. The summed E-state index contributed by atoms with van der Waals surface area (Å²) in [5.41, 5.74) is 6.98. The van der Waals surface area contributed by atoms with Gasteiger partial charge in [-0.15, -0.1) is 0 Å². The Labute approximate surface area is 122 Å². The molecule has 0 amide bonds. The second-order valence-electron chi connectivity index (χ2n) is 6.84. The van der Waals surface area contributed by atoms with Crippen LogP contribution in [0, 0.1) is 5.92 Å². The molecule has 1 aliphatic carbocycles. The number of aliphatic hydroxyl groups is 1. The van der Waals surface area contributed by atoms with Crippen LogP contribution in [0.2, 0.25) is 0 Å². The molecular formula is C17H27NO2. The zero-order valence-corrected chi connectivity index (χ0v) is 12.8. The Balaban J connectivity index is 2.01. The van der Waals surface area contributed by atoms with Crippen LogP contribution < -0.4 is 10.5 Å². The smallest absolute Gasteiger partial charge is 0.120 e. The van der Waals surface area contributed by atoms with Crippen molar-refractivity contribution in [3.8, 4) is 5.75 Å². The second-order valence-corrected chi connectivity index (χ2v) is 6.84. The molecule has 2 rings (SSSR count). The van der Waals surface area contributed by atoms with Gasteiger partial charge in [0.1, 0.15) is 11.4 Å². The first-order valence-electron chi connectivity index (χ1n) is 7.59. The number of hydrogen-bond acceptors (Lipinski definition) is 3. The summed E-state index contributed by atoms with van der Waals surface area (Å²) in [4.78, 5) is 0. The third kappa shape index (κ3) is 3.97. The number of aliphatic hydroxyl groups excluding tert-OH is 1. The third-order valence-corrected chi connectivity index (χ3v) is 3.94. The first-order chi connectivity index (χ1) is 9.37. The molecule has 3 nitrogen and oxygen atoms in total. The van der Waals surface area contributed by atoms with Gasteiger partial charge in [-0.1, -0.05) is 25.0 Å². The maximum absolute atomic E-state index is 10.4. The number of hydrogen-bond donors (Lipinski definition) is 2. The summed E-state index contributed by atoms with van der Waals surface area (Å²) in [6, 6.07) is 7.49. The molecule has 1 aromatic rings. The van der Waals surface area contributed by atoms with Crippen LogP contribution in [0.5, 0.6) is 5.75 Å². The third-order valence-electron chi connectivity index (χ3n) is 3.94. The van der Waals surface area contributed by atoms with Gasteiger partial charge < -0.3 is 15.6 Å². The van der Waals surface area contributed by atoms with Crippen LogP contribution in [0.15, 0.2) is 24.3 Å². The fourth-order valence-corrected chi connectivity index (χ4v) is 2.90. The van der Waals surface area contributed by atoms with Crippen LogP contribution in [-0.2, 0) is 0 Å². The summed E-state index contributed by atoms with van der Waals surface area (Å²) in [7, 11) is 0. The van der Waals surface area contributed by atoms with E-state index >= 15 is 0 Å². The summed E-state index contributed by atoms with van der Waals surface area (Å²) in [5.74, 6) is 1.19. The Hall–Kier alpha value is -1.06. The zero-order chi connectivity index (χ0) is 14.8. The quantitative estimate of drug-likeness (QED) is 0.886. The van der Waals surface area contributed by atoms with Gasteiger partial charge in [-0.2, -0.15) is 0 Å². The highest BCUT2D eigenvalue weighted by Crippen LogP contribution is 2.33. The molecule has 0 aliphatic heterocycles. The van der Waals surface area contributed by atoms with Crippen molar-refractivity contribution in [2.24, 2.45) is 11.7 Å². The van der Waals surface area contributed by atoms with Crippen LogP contribution in [0.25, 0.3) is 0 Å². The molecule has 0 unspecified atom stereocenters. The maximum Gasteiger partial charge on any atom is 0.120 e. The van der Waals surface area contributed by atoms with E-state index in [9.17, 15) is 5.11 Å². The second kappa shape index (κ2) is 6.15. The minimum atomic E-state index is -0.438. The van der Waals surface area contributed by atoms with E-state index in [4.69, 9.17) is 10.5 Å². The Kier molecular flexibility index (Phi) is 4.71. The Morgan fingerprint density at radius 3 is 2.20 bits per heavy atom. The fraction of sp³-hybridized carbons (Fsp3) is 0.647. The lowest BCUT2D eigenvalue weighted by molar-refractivity contribution is 0.0843. The van der Waals surface area contributed by atoms with Gasteiger partial charge >= 0.3 is 0 Å². The molecule has 3 N–H and O–H groups in total. The lowest BCUT2D eigenvalue weighted by Crippen LogP contribution is -2.31. The van der Waals surface area contributed by atoms with E-state index in [1.165, 1.54) is 12.8 Å². The molecule has 20 heavy (non-hydrogen) atoms. The molecule has 2 atom stereocenters. The van der Waals surface area contributed by atoms with Crippen molar-refractivity contribution in [2.45, 2.75) is 64.2 Å². The van der Waals surface area contributed by atoms with Gasteiger partial charge in [0, 0.05) is 0 Å². The zero-order valence-electron chi connectivity index (χ0n) is 12.8. The van der Waals surface area contributed by atoms with Gasteiger partial charge in [0.2, 0.25) is 0 Å². The van der Waals surface area contributed by atoms with Crippen molar-refractivity contribution in [2.75, 3.05) is 0 Å². The summed E-state index contributed by atoms with van der Waals surface area (Å²) < 4.78 is 5.79. The molecule has 0 bridgehead atoms. The average molecular weight is 277 g/mol. The van der Waals surface area contributed by atoms with Crippen LogP contribution in [0.4, 0.5) is 0 Å². The highest BCUT2D eigenvalue weighted by atomic mass is 16.5. The van der Waals surface area contributed by atoms with E-state index in [1.807, 2.05) is 45.0 Å². The van der Waals surface area contributed by atoms with Crippen LogP contribution >= 0.6 is 0 Å². The Morgan fingerprint density at radius 2 is 1.70 bits per heavy atom. The van der Waals surface area contributed by atoms with Crippen molar-refractivity contribution < 1.29 is 9.84 Å². The van der Waals surface area contributed by atoms with Gasteiger partial charge in [0.15, 0.2) is 0 Å². The lowest BCUT2D eigenvalue weighted by Gasteiger charge is -2.25. The van der Waals surface area contributed by atoms with Crippen LogP contribution in [0.1, 0.15) is 58.1 Å². The molecule has 1 fully saturated rings. The molecule has 1 aliphatic rings. The summed E-state index contributed by atoms with van der Waals surface area (Å²) in [6.07, 6.45) is 4.19. The van der Waals surface area contributed by atoms with Gasteiger partial charge in [-0.3, -0.25) is 0 Å². The predicted molar refractivity (Wildman–Crippen MR) is 81.7 cm³/mol. The van der Waals surface area contributed by atoms with Crippen LogP contribution in [0.3, 0.4) is 0 Å². The van der Waals surface area contributed by atoms with Crippen molar-refractivity contribution in [3.05, 3.63) is 29.8 Å². The summed E-state index contributed by atoms with van der Waals surface area (Å²) in [5, 5.41) is 10.4. The van der Waals surface area contributed by atoms with E-state index in [2.05, 4.69) is 0 Å². The molecule has 0 heterocycles. The van der Waals surface area contributed by atoms with Crippen LogP contribution in [-0.4, -0.2) is 16.8 Å². The van der Waals surface area contributed by atoms with Gasteiger partial charge in [-0.25, -0.2) is 0 Å². The van der Waals surface area contributed by atoms with Crippen molar-refractivity contribution in [1.29, 1.82) is 0 Å². The molecule has 0 spiro atoms. The minimum Gasteiger partial charge on any atom is -0.488 e. The first-order valence-corrected chi connectivity index (χ1v) is 7.59. The van der Waals surface area contributed by atoms with E-state index in [0.29, 0.717) is 5.92 Å². The van der Waals surface area contributed by atoms with Crippen molar-refractivity contribution in [1.82, 2.24) is 0 Å².